The van der Waals surface area contributed by atoms with E-state index < -0.39 is 5.60 Å². The van der Waals surface area contributed by atoms with Gasteiger partial charge in [0.2, 0.25) is 0 Å². The van der Waals surface area contributed by atoms with Gasteiger partial charge in [-0.25, -0.2) is 4.99 Å². The summed E-state index contributed by atoms with van der Waals surface area (Å²) in [5.41, 5.74) is 1.06. The number of nitrogens with one attached hydrogen (secondary N) is 2. The Balaban J connectivity index is 0.00000363. The Kier molecular flexibility index (Phi) is 10.2. The van der Waals surface area contributed by atoms with Gasteiger partial charge in [0, 0.05) is 31.7 Å². The third-order valence-corrected chi connectivity index (χ3v) is 6.03. The first-order chi connectivity index (χ1) is 15.0. The van der Waals surface area contributed by atoms with Gasteiger partial charge in [0.15, 0.2) is 5.96 Å². The van der Waals surface area contributed by atoms with Crippen LogP contribution in [0.5, 0.6) is 5.75 Å². The van der Waals surface area contributed by atoms with Crippen molar-refractivity contribution in [3.8, 4) is 5.75 Å². The van der Waals surface area contributed by atoms with Crippen molar-refractivity contribution in [1.29, 1.82) is 0 Å². The Labute approximate surface area is 208 Å². The number of hydrogen-bond acceptors (Lipinski definition) is 4. The Morgan fingerprint density at radius 1 is 1.09 bits per heavy atom. The van der Waals surface area contributed by atoms with E-state index in [0.717, 1.165) is 50.5 Å². The molecule has 0 aliphatic carbocycles. The van der Waals surface area contributed by atoms with Gasteiger partial charge in [-0.2, -0.15) is 0 Å². The Morgan fingerprint density at radius 3 is 2.34 bits per heavy atom. The van der Waals surface area contributed by atoms with E-state index in [1.807, 2.05) is 49.4 Å². The van der Waals surface area contributed by atoms with Crippen LogP contribution in [0.25, 0.3) is 0 Å². The van der Waals surface area contributed by atoms with Gasteiger partial charge in [-0.3, -0.25) is 0 Å². The molecule has 1 aliphatic rings. The van der Waals surface area contributed by atoms with Crippen LogP contribution >= 0.6 is 24.0 Å². The molecule has 2 aromatic rings. The lowest BCUT2D eigenvalue weighted by molar-refractivity contribution is 0.0513. The summed E-state index contributed by atoms with van der Waals surface area (Å²) in [5.74, 6) is 1.56. The number of guanidine groups is 1. The minimum Gasteiger partial charge on any atom is -0.497 e. The fraction of sp³-hybridized carbons (Fsp3) is 0.480. The highest BCUT2D eigenvalue weighted by Crippen LogP contribution is 2.35. The summed E-state index contributed by atoms with van der Waals surface area (Å²) in [4.78, 5) is 4.69. The molecule has 1 atom stereocenters. The van der Waals surface area contributed by atoms with Gasteiger partial charge in [0.25, 0.3) is 0 Å². The Morgan fingerprint density at radius 2 is 1.75 bits per heavy atom. The van der Waals surface area contributed by atoms with Crippen molar-refractivity contribution >= 4 is 29.9 Å². The van der Waals surface area contributed by atoms with Crippen molar-refractivity contribution in [3.63, 3.8) is 0 Å². The van der Waals surface area contributed by atoms with Crippen LogP contribution in [-0.2, 0) is 15.8 Å². The first kappa shape index (κ1) is 26.4. The van der Waals surface area contributed by atoms with Crippen LogP contribution in [-0.4, -0.2) is 51.0 Å². The van der Waals surface area contributed by atoms with Gasteiger partial charge in [0.05, 0.1) is 13.7 Å². The molecule has 1 aliphatic heterocycles. The lowest BCUT2D eigenvalue weighted by Crippen LogP contribution is -2.48. The summed E-state index contributed by atoms with van der Waals surface area (Å²) in [7, 11) is 1.68. The van der Waals surface area contributed by atoms with E-state index in [2.05, 4.69) is 22.8 Å². The Bertz CT molecular complexity index is 835. The van der Waals surface area contributed by atoms with Crippen LogP contribution in [0.3, 0.4) is 0 Å². The predicted octanol–water partition coefficient (Wildman–Crippen LogP) is 3.82. The zero-order chi connectivity index (χ0) is 22.2. The molecule has 3 N–H and O–H groups in total. The first-order valence-corrected chi connectivity index (χ1v) is 11.0. The molecular formula is C25H36IN3O3. The summed E-state index contributed by atoms with van der Waals surface area (Å²) in [5, 5.41) is 17.7. The lowest BCUT2D eigenvalue weighted by Gasteiger charge is -2.38. The number of methoxy groups -OCH3 is 1. The monoisotopic (exact) mass is 553 g/mol. The molecule has 1 heterocycles. The maximum Gasteiger partial charge on any atom is 0.191 e. The highest BCUT2D eigenvalue weighted by atomic mass is 127. The molecule has 0 bridgehead atoms. The molecule has 32 heavy (non-hydrogen) atoms. The highest BCUT2D eigenvalue weighted by Gasteiger charge is 2.34. The van der Waals surface area contributed by atoms with E-state index in [1.54, 1.807) is 14.0 Å². The van der Waals surface area contributed by atoms with Gasteiger partial charge >= 0.3 is 0 Å². The molecule has 176 valence electrons. The summed E-state index contributed by atoms with van der Waals surface area (Å²) < 4.78 is 11.0. The fourth-order valence-corrected chi connectivity index (χ4v) is 3.99. The normalized spacial score (nSPS) is 17.6. The van der Waals surface area contributed by atoms with E-state index in [-0.39, 0.29) is 35.9 Å². The molecule has 6 nitrogen and oxygen atoms in total. The number of ether oxygens (including phenoxy) is 2. The zero-order valence-corrected chi connectivity index (χ0v) is 21.6. The van der Waals surface area contributed by atoms with Crippen LogP contribution < -0.4 is 15.4 Å². The Hall–Kier alpha value is -1.84. The highest BCUT2D eigenvalue weighted by molar-refractivity contribution is 14.0. The van der Waals surface area contributed by atoms with Crippen LogP contribution in [0.1, 0.15) is 37.8 Å². The molecule has 0 saturated carbocycles. The number of aliphatic hydroxyl groups is 1. The molecule has 1 saturated heterocycles. The number of nitrogens with zero attached hydrogens (tertiary/aromatic N) is 1. The minimum absolute atomic E-state index is 0. The second-order valence-corrected chi connectivity index (χ2v) is 8.31. The predicted molar refractivity (Wildman–Crippen MR) is 140 cm³/mol. The second-order valence-electron chi connectivity index (χ2n) is 8.31. The number of aliphatic imine (C=N–C) groups is 1. The molecule has 1 fully saturated rings. The SMILES string of the molecule is CCNC(=NCC(C)(O)c1ccccc1)NCC1(c2ccc(OC)cc2)CCOCC1.I. The van der Waals surface area contributed by atoms with Crippen LogP contribution in [0.2, 0.25) is 0 Å². The van der Waals surface area contributed by atoms with Gasteiger partial charge in [-0.1, -0.05) is 42.5 Å². The van der Waals surface area contributed by atoms with E-state index in [1.165, 1.54) is 5.56 Å². The molecule has 0 amide bonds. The first-order valence-electron chi connectivity index (χ1n) is 11.0. The average Bonchev–Trinajstić information content (AvgIpc) is 2.82. The van der Waals surface area contributed by atoms with Gasteiger partial charge in [-0.15, -0.1) is 24.0 Å². The fourth-order valence-electron chi connectivity index (χ4n) is 3.99. The van der Waals surface area contributed by atoms with Crippen molar-refractivity contribution in [2.24, 2.45) is 4.99 Å². The molecule has 0 radical (unpaired) electrons. The van der Waals surface area contributed by atoms with Crippen molar-refractivity contribution in [2.75, 3.05) is 40.0 Å². The van der Waals surface area contributed by atoms with E-state index in [9.17, 15) is 5.11 Å². The molecule has 1 unspecified atom stereocenters. The van der Waals surface area contributed by atoms with Crippen molar-refractivity contribution in [3.05, 3.63) is 65.7 Å². The van der Waals surface area contributed by atoms with E-state index in [0.29, 0.717) is 5.96 Å². The van der Waals surface area contributed by atoms with Crippen LogP contribution in [0.15, 0.2) is 59.6 Å². The summed E-state index contributed by atoms with van der Waals surface area (Å²) in [6.07, 6.45) is 1.88. The average molecular weight is 553 g/mol. The maximum atomic E-state index is 10.9. The van der Waals surface area contributed by atoms with Gasteiger partial charge in [0.1, 0.15) is 11.4 Å². The van der Waals surface area contributed by atoms with Gasteiger partial charge < -0.3 is 25.2 Å². The number of rotatable bonds is 8. The van der Waals surface area contributed by atoms with Crippen LogP contribution in [0, 0.1) is 0 Å². The van der Waals surface area contributed by atoms with Crippen molar-refractivity contribution in [2.45, 2.75) is 37.7 Å². The van der Waals surface area contributed by atoms with E-state index in [4.69, 9.17) is 14.5 Å². The van der Waals surface area contributed by atoms with Crippen molar-refractivity contribution in [1.82, 2.24) is 10.6 Å². The molecule has 0 spiro atoms. The third kappa shape index (κ3) is 6.83. The molecule has 3 rings (SSSR count). The molecule has 2 aromatic carbocycles. The summed E-state index contributed by atoms with van der Waals surface area (Å²) in [6, 6.07) is 18.0. The number of benzene rings is 2. The van der Waals surface area contributed by atoms with E-state index >= 15 is 0 Å². The minimum atomic E-state index is -1.03. The lowest BCUT2D eigenvalue weighted by atomic mass is 9.74. The summed E-state index contributed by atoms with van der Waals surface area (Å²) in [6.45, 7) is 7.08. The summed E-state index contributed by atoms with van der Waals surface area (Å²) >= 11 is 0. The van der Waals surface area contributed by atoms with Gasteiger partial charge in [-0.05, 0) is 49.9 Å². The largest absolute Gasteiger partial charge is 0.497 e. The molecule has 7 heteroatoms. The topological polar surface area (TPSA) is 75.1 Å². The quantitative estimate of drug-likeness (QED) is 0.263. The van der Waals surface area contributed by atoms with Crippen LogP contribution in [0.4, 0.5) is 0 Å². The number of halogens is 1. The van der Waals surface area contributed by atoms with Crippen molar-refractivity contribution < 1.29 is 14.6 Å². The third-order valence-electron chi connectivity index (χ3n) is 6.03. The molecular weight excluding hydrogens is 517 g/mol. The standard InChI is InChI=1S/C25H35N3O3.HI/c1-4-26-23(27-18-24(2,29)20-8-6-5-7-9-20)28-19-25(14-16-31-17-15-25)21-10-12-22(30-3)13-11-21;/h5-13,29H,4,14-19H2,1-3H3,(H2,26,27,28);1H. The number of hydrogen-bond donors (Lipinski definition) is 3. The zero-order valence-electron chi connectivity index (χ0n) is 19.3. The second kappa shape index (κ2) is 12.4. The smallest absolute Gasteiger partial charge is 0.191 e. The maximum absolute atomic E-state index is 10.9. The molecule has 0 aromatic heterocycles.